The normalized spacial score (nSPS) is 10.7. The van der Waals surface area contributed by atoms with Crippen LogP contribution in [0.15, 0.2) is 23.1 Å². The molecule has 2 N–H and O–H groups in total. The van der Waals surface area contributed by atoms with Crippen LogP contribution in [0.25, 0.3) is 6.08 Å². The fourth-order valence-electron chi connectivity index (χ4n) is 0.597. The van der Waals surface area contributed by atoms with Gasteiger partial charge in [0, 0.05) is 6.54 Å². The van der Waals surface area contributed by atoms with Gasteiger partial charge in [0.05, 0.1) is 18.1 Å². The molecule has 3 nitrogen and oxygen atoms in total. The molecule has 0 bridgehead atoms. The molecule has 58 valence electrons. The summed E-state index contributed by atoms with van der Waals surface area (Å²) in [6.07, 6.45) is 6.99. The molecule has 11 heavy (non-hydrogen) atoms. The van der Waals surface area contributed by atoms with Crippen molar-refractivity contribution in [3.8, 4) is 0 Å². The summed E-state index contributed by atoms with van der Waals surface area (Å²) in [4.78, 5) is 8.06. The van der Waals surface area contributed by atoms with Gasteiger partial charge >= 0.3 is 0 Å². The maximum absolute atomic E-state index is 5.26. The lowest BCUT2D eigenvalue weighted by molar-refractivity contribution is 1.14. The Hall–Kier alpha value is -0.740. The Morgan fingerprint density at radius 2 is 2.27 bits per heavy atom. The molecule has 0 aliphatic heterocycles. The van der Waals surface area contributed by atoms with Crippen molar-refractivity contribution >= 4 is 22.0 Å². The molecule has 0 amide bonds. The Kier molecular flexibility index (Phi) is 3.19. The predicted octanol–water partition coefficient (Wildman–Crippen LogP) is 1.21. The van der Waals surface area contributed by atoms with Gasteiger partial charge in [-0.15, -0.1) is 0 Å². The van der Waals surface area contributed by atoms with E-state index in [4.69, 9.17) is 5.73 Å². The summed E-state index contributed by atoms with van der Waals surface area (Å²) in [6, 6.07) is 0. The predicted molar refractivity (Wildman–Crippen MR) is 47.8 cm³/mol. The molecule has 0 aromatic carbocycles. The maximum atomic E-state index is 5.26. The Labute approximate surface area is 73.5 Å². The quantitative estimate of drug-likeness (QED) is 0.804. The van der Waals surface area contributed by atoms with E-state index in [1.807, 2.05) is 12.2 Å². The molecule has 0 aliphatic carbocycles. The Morgan fingerprint density at radius 1 is 1.45 bits per heavy atom. The average Bonchev–Trinajstić information content (AvgIpc) is 2.04. The highest BCUT2D eigenvalue weighted by atomic mass is 79.9. The van der Waals surface area contributed by atoms with E-state index in [-0.39, 0.29) is 0 Å². The minimum atomic E-state index is 0.526. The van der Waals surface area contributed by atoms with E-state index >= 15 is 0 Å². The summed E-state index contributed by atoms with van der Waals surface area (Å²) in [5.41, 5.74) is 6.08. The van der Waals surface area contributed by atoms with Crippen molar-refractivity contribution in [1.29, 1.82) is 0 Å². The standard InChI is InChI=1S/C7H8BrN3/c8-7-5-10-6(4-11-7)2-1-3-9/h1-2,4-5H,3,9H2. The molecule has 1 aromatic heterocycles. The first-order valence-electron chi connectivity index (χ1n) is 3.17. The van der Waals surface area contributed by atoms with Crippen molar-refractivity contribution in [2.45, 2.75) is 0 Å². The lowest BCUT2D eigenvalue weighted by Gasteiger charge is -1.90. The molecule has 0 fully saturated rings. The highest BCUT2D eigenvalue weighted by Crippen LogP contribution is 2.03. The smallest absolute Gasteiger partial charge is 0.124 e. The topological polar surface area (TPSA) is 51.8 Å². The SMILES string of the molecule is NCC=Cc1cnc(Br)cn1. The Bertz CT molecular complexity index is 242. The molecule has 0 spiro atoms. The maximum Gasteiger partial charge on any atom is 0.124 e. The average molecular weight is 214 g/mol. The molecule has 1 rings (SSSR count). The minimum Gasteiger partial charge on any atom is -0.327 e. The van der Waals surface area contributed by atoms with Gasteiger partial charge in [-0.3, -0.25) is 4.98 Å². The van der Waals surface area contributed by atoms with E-state index < -0.39 is 0 Å². The van der Waals surface area contributed by atoms with Crippen LogP contribution in [-0.4, -0.2) is 16.5 Å². The van der Waals surface area contributed by atoms with E-state index in [0.29, 0.717) is 6.54 Å². The summed E-state index contributed by atoms with van der Waals surface area (Å²) in [7, 11) is 0. The van der Waals surface area contributed by atoms with E-state index in [1.54, 1.807) is 12.4 Å². The number of rotatable bonds is 2. The largest absolute Gasteiger partial charge is 0.327 e. The van der Waals surface area contributed by atoms with Crippen LogP contribution in [0.2, 0.25) is 0 Å². The van der Waals surface area contributed by atoms with E-state index in [2.05, 4.69) is 25.9 Å². The minimum absolute atomic E-state index is 0.526. The van der Waals surface area contributed by atoms with E-state index in [0.717, 1.165) is 10.3 Å². The van der Waals surface area contributed by atoms with Crippen LogP contribution < -0.4 is 5.73 Å². The first kappa shape index (κ1) is 8.36. The molecule has 4 heteroatoms. The highest BCUT2D eigenvalue weighted by molar-refractivity contribution is 9.10. The van der Waals surface area contributed by atoms with Gasteiger partial charge in [-0.2, -0.15) is 0 Å². The zero-order chi connectivity index (χ0) is 8.10. The van der Waals surface area contributed by atoms with Gasteiger partial charge in [-0.1, -0.05) is 6.08 Å². The van der Waals surface area contributed by atoms with E-state index in [9.17, 15) is 0 Å². The molecule has 0 saturated carbocycles. The van der Waals surface area contributed by atoms with Crippen molar-refractivity contribution in [2.75, 3.05) is 6.54 Å². The van der Waals surface area contributed by atoms with Crippen molar-refractivity contribution in [1.82, 2.24) is 9.97 Å². The molecule has 0 atom stereocenters. The summed E-state index contributed by atoms with van der Waals surface area (Å²) in [6.45, 7) is 0.526. The van der Waals surface area contributed by atoms with Gasteiger partial charge in [0.1, 0.15) is 4.60 Å². The fraction of sp³-hybridized carbons (Fsp3) is 0.143. The van der Waals surface area contributed by atoms with Gasteiger partial charge in [0.15, 0.2) is 0 Å². The van der Waals surface area contributed by atoms with Crippen molar-refractivity contribution in [3.63, 3.8) is 0 Å². The summed E-state index contributed by atoms with van der Waals surface area (Å²) >= 11 is 3.19. The van der Waals surface area contributed by atoms with Crippen LogP contribution in [0.5, 0.6) is 0 Å². The van der Waals surface area contributed by atoms with Crippen LogP contribution in [0.3, 0.4) is 0 Å². The molecular formula is C7H8BrN3. The number of hydrogen-bond donors (Lipinski definition) is 1. The molecule has 0 saturated heterocycles. The van der Waals surface area contributed by atoms with Crippen LogP contribution in [0.4, 0.5) is 0 Å². The Balaban J connectivity index is 2.73. The van der Waals surface area contributed by atoms with Crippen LogP contribution >= 0.6 is 15.9 Å². The molecular weight excluding hydrogens is 206 g/mol. The summed E-state index contributed by atoms with van der Waals surface area (Å²) in [5.74, 6) is 0. The fourth-order valence-corrected chi connectivity index (χ4v) is 0.802. The van der Waals surface area contributed by atoms with Crippen LogP contribution in [0, 0.1) is 0 Å². The van der Waals surface area contributed by atoms with Gasteiger partial charge < -0.3 is 5.73 Å². The number of aromatic nitrogens is 2. The molecule has 0 radical (unpaired) electrons. The first-order chi connectivity index (χ1) is 5.33. The second-order valence-corrected chi connectivity index (χ2v) is 2.71. The number of nitrogens with two attached hydrogens (primary N) is 1. The number of hydrogen-bond acceptors (Lipinski definition) is 3. The summed E-state index contributed by atoms with van der Waals surface area (Å²) in [5, 5.41) is 0. The van der Waals surface area contributed by atoms with E-state index in [1.165, 1.54) is 0 Å². The van der Waals surface area contributed by atoms with Gasteiger partial charge in [-0.25, -0.2) is 4.98 Å². The highest BCUT2D eigenvalue weighted by Gasteiger charge is 1.88. The van der Waals surface area contributed by atoms with Crippen LogP contribution in [-0.2, 0) is 0 Å². The lowest BCUT2D eigenvalue weighted by Crippen LogP contribution is -1.92. The van der Waals surface area contributed by atoms with Crippen molar-refractivity contribution in [3.05, 3.63) is 28.8 Å². The van der Waals surface area contributed by atoms with Crippen molar-refractivity contribution in [2.24, 2.45) is 5.73 Å². The third kappa shape index (κ3) is 2.78. The second-order valence-electron chi connectivity index (χ2n) is 1.90. The molecule has 0 aliphatic rings. The zero-order valence-electron chi connectivity index (χ0n) is 5.87. The number of nitrogens with zero attached hydrogens (tertiary/aromatic N) is 2. The Morgan fingerprint density at radius 3 is 2.82 bits per heavy atom. The van der Waals surface area contributed by atoms with Crippen LogP contribution in [0.1, 0.15) is 5.69 Å². The zero-order valence-corrected chi connectivity index (χ0v) is 7.45. The molecule has 1 heterocycles. The van der Waals surface area contributed by atoms with Gasteiger partial charge in [-0.05, 0) is 22.0 Å². The third-order valence-electron chi connectivity index (χ3n) is 1.06. The third-order valence-corrected chi connectivity index (χ3v) is 1.47. The lowest BCUT2D eigenvalue weighted by atomic mass is 10.4. The second kappa shape index (κ2) is 4.20. The van der Waals surface area contributed by atoms with Crippen molar-refractivity contribution < 1.29 is 0 Å². The monoisotopic (exact) mass is 213 g/mol. The van der Waals surface area contributed by atoms with Gasteiger partial charge in [0.25, 0.3) is 0 Å². The molecule has 0 unspecified atom stereocenters. The molecule has 1 aromatic rings. The summed E-state index contributed by atoms with van der Waals surface area (Å²) < 4.78 is 0.738. The van der Waals surface area contributed by atoms with Gasteiger partial charge in [0.2, 0.25) is 0 Å². The number of halogens is 1. The first-order valence-corrected chi connectivity index (χ1v) is 3.96.